The predicted molar refractivity (Wildman–Crippen MR) is 72.6 cm³/mol. The summed E-state index contributed by atoms with van der Waals surface area (Å²) in [6.45, 7) is 4.01. The normalized spacial score (nSPS) is 16.3. The van der Waals surface area contributed by atoms with Crippen molar-refractivity contribution < 1.29 is 9.84 Å². The van der Waals surface area contributed by atoms with Gasteiger partial charge in [-0.3, -0.25) is 0 Å². The molecular weight excluding hydrogens is 234 g/mol. The molecule has 0 saturated heterocycles. The van der Waals surface area contributed by atoms with E-state index in [0.29, 0.717) is 5.25 Å². The molecule has 0 aliphatic rings. The molecule has 0 spiro atoms. The Morgan fingerprint density at radius 2 is 2.00 bits per heavy atom. The third-order valence-electron chi connectivity index (χ3n) is 2.51. The fourth-order valence-corrected chi connectivity index (χ4v) is 2.87. The first-order chi connectivity index (χ1) is 7.96. The quantitative estimate of drug-likeness (QED) is 0.766. The number of methoxy groups -OCH3 is 1. The number of aliphatic hydroxyl groups is 1. The van der Waals surface area contributed by atoms with E-state index in [-0.39, 0.29) is 6.61 Å². The van der Waals surface area contributed by atoms with E-state index >= 15 is 0 Å². The van der Waals surface area contributed by atoms with Crippen molar-refractivity contribution in [1.82, 2.24) is 0 Å². The summed E-state index contributed by atoms with van der Waals surface area (Å²) < 4.78 is 5.11. The molecule has 0 aliphatic carbocycles. The maximum Gasteiger partial charge on any atom is 0.118 e. The van der Waals surface area contributed by atoms with Crippen LogP contribution in [0.3, 0.4) is 0 Å². The molecule has 0 saturated carbocycles. The highest BCUT2D eigenvalue weighted by molar-refractivity contribution is 7.99. The molecule has 1 rings (SSSR count). The number of aliphatic hydroxyl groups excluding tert-OH is 1. The van der Waals surface area contributed by atoms with E-state index in [1.165, 1.54) is 4.90 Å². The lowest BCUT2D eigenvalue weighted by Crippen LogP contribution is -2.42. The molecule has 0 fully saturated rings. The summed E-state index contributed by atoms with van der Waals surface area (Å²) in [5.74, 6) is 0.862. The van der Waals surface area contributed by atoms with Crippen molar-refractivity contribution in [2.75, 3.05) is 13.7 Å². The molecule has 0 aliphatic heterocycles. The molecule has 3 nitrogen and oxygen atoms in total. The maximum absolute atomic E-state index is 9.13. The first kappa shape index (κ1) is 14.4. The molecule has 4 heteroatoms. The van der Waals surface area contributed by atoms with E-state index in [4.69, 9.17) is 15.6 Å². The molecule has 0 bridgehead atoms. The van der Waals surface area contributed by atoms with E-state index in [1.54, 1.807) is 18.9 Å². The lowest BCUT2D eigenvalue weighted by Gasteiger charge is -2.25. The average Bonchev–Trinajstić information content (AvgIpc) is 2.29. The number of ether oxygens (including phenoxy) is 1. The van der Waals surface area contributed by atoms with Gasteiger partial charge in [-0.2, -0.15) is 0 Å². The lowest BCUT2D eigenvalue weighted by molar-refractivity contribution is 0.201. The number of hydrogen-bond acceptors (Lipinski definition) is 4. The van der Waals surface area contributed by atoms with Crippen LogP contribution in [0.25, 0.3) is 0 Å². The Morgan fingerprint density at radius 3 is 2.47 bits per heavy atom. The zero-order valence-corrected chi connectivity index (χ0v) is 11.5. The number of rotatable bonds is 6. The minimum absolute atomic E-state index is 0.0144. The smallest absolute Gasteiger partial charge is 0.118 e. The number of nitrogens with two attached hydrogens (primary N) is 1. The largest absolute Gasteiger partial charge is 0.497 e. The van der Waals surface area contributed by atoms with Crippen LogP contribution in [0.1, 0.15) is 20.3 Å². The Labute approximate surface area is 107 Å². The molecule has 2 unspecified atom stereocenters. The molecule has 96 valence electrons. The first-order valence-electron chi connectivity index (χ1n) is 5.67. The predicted octanol–water partition coefficient (Wildman–Crippen LogP) is 2.28. The fraction of sp³-hybridized carbons (Fsp3) is 0.538. The van der Waals surface area contributed by atoms with Gasteiger partial charge in [-0.05, 0) is 37.6 Å². The second-order valence-electron chi connectivity index (χ2n) is 4.62. The molecule has 0 heterocycles. The van der Waals surface area contributed by atoms with Gasteiger partial charge in [0.1, 0.15) is 5.75 Å². The number of thioether (sulfide) groups is 1. The van der Waals surface area contributed by atoms with Crippen molar-refractivity contribution in [2.24, 2.45) is 5.73 Å². The van der Waals surface area contributed by atoms with Crippen LogP contribution >= 0.6 is 11.8 Å². The summed E-state index contributed by atoms with van der Waals surface area (Å²) in [7, 11) is 1.66. The van der Waals surface area contributed by atoms with Crippen LogP contribution in [-0.2, 0) is 0 Å². The van der Waals surface area contributed by atoms with Gasteiger partial charge in [0, 0.05) is 15.7 Å². The van der Waals surface area contributed by atoms with E-state index in [0.717, 1.165) is 12.2 Å². The molecular formula is C13H21NO2S. The Balaban J connectivity index is 2.52. The van der Waals surface area contributed by atoms with Crippen molar-refractivity contribution in [3.05, 3.63) is 24.3 Å². The second-order valence-corrected chi connectivity index (χ2v) is 6.13. The van der Waals surface area contributed by atoms with Crippen LogP contribution < -0.4 is 10.5 Å². The highest BCUT2D eigenvalue weighted by Crippen LogP contribution is 2.29. The first-order valence-corrected chi connectivity index (χ1v) is 6.55. The maximum atomic E-state index is 9.13. The average molecular weight is 255 g/mol. The lowest BCUT2D eigenvalue weighted by atomic mass is 9.99. The topological polar surface area (TPSA) is 55.5 Å². The molecule has 0 aromatic heterocycles. The van der Waals surface area contributed by atoms with Crippen LogP contribution in [0.5, 0.6) is 5.75 Å². The SMILES string of the molecule is COc1ccc(SC(C)CC(C)(N)CO)cc1. The third-order valence-corrected chi connectivity index (χ3v) is 3.63. The Morgan fingerprint density at radius 1 is 1.41 bits per heavy atom. The summed E-state index contributed by atoms with van der Waals surface area (Å²) in [4.78, 5) is 1.19. The highest BCUT2D eigenvalue weighted by atomic mass is 32.2. The summed E-state index contributed by atoms with van der Waals surface area (Å²) >= 11 is 1.76. The van der Waals surface area contributed by atoms with Gasteiger partial charge in [0.05, 0.1) is 13.7 Å². The fourth-order valence-electron chi connectivity index (χ4n) is 1.65. The van der Waals surface area contributed by atoms with Gasteiger partial charge in [-0.25, -0.2) is 0 Å². The minimum Gasteiger partial charge on any atom is -0.497 e. The van der Waals surface area contributed by atoms with Gasteiger partial charge in [-0.1, -0.05) is 6.92 Å². The van der Waals surface area contributed by atoms with Gasteiger partial charge >= 0.3 is 0 Å². The molecule has 0 radical (unpaired) electrons. The number of benzene rings is 1. The second kappa shape index (κ2) is 6.28. The van der Waals surface area contributed by atoms with E-state index < -0.39 is 5.54 Å². The Kier molecular flexibility index (Phi) is 5.31. The van der Waals surface area contributed by atoms with Crippen molar-refractivity contribution in [3.63, 3.8) is 0 Å². The van der Waals surface area contributed by atoms with E-state index in [2.05, 4.69) is 6.92 Å². The molecule has 1 aromatic rings. The van der Waals surface area contributed by atoms with Crippen LogP contribution in [0.4, 0.5) is 0 Å². The van der Waals surface area contributed by atoms with Gasteiger partial charge in [0.25, 0.3) is 0 Å². The summed E-state index contributed by atoms with van der Waals surface area (Å²) in [5.41, 5.74) is 5.43. The van der Waals surface area contributed by atoms with Crippen LogP contribution in [-0.4, -0.2) is 29.6 Å². The third kappa shape index (κ3) is 4.98. The molecule has 0 amide bonds. The number of hydrogen-bond donors (Lipinski definition) is 2. The molecule has 17 heavy (non-hydrogen) atoms. The Hall–Kier alpha value is -0.710. The summed E-state index contributed by atoms with van der Waals surface area (Å²) in [6.07, 6.45) is 0.778. The van der Waals surface area contributed by atoms with E-state index in [9.17, 15) is 0 Å². The van der Waals surface area contributed by atoms with Gasteiger partial charge in [-0.15, -0.1) is 11.8 Å². The zero-order chi connectivity index (χ0) is 12.9. The van der Waals surface area contributed by atoms with Crippen LogP contribution in [0.15, 0.2) is 29.2 Å². The van der Waals surface area contributed by atoms with Gasteiger partial charge < -0.3 is 15.6 Å². The monoisotopic (exact) mass is 255 g/mol. The van der Waals surface area contributed by atoms with Crippen molar-refractivity contribution in [2.45, 2.75) is 36.0 Å². The van der Waals surface area contributed by atoms with Crippen molar-refractivity contribution >= 4 is 11.8 Å². The van der Waals surface area contributed by atoms with Crippen LogP contribution in [0, 0.1) is 0 Å². The summed E-state index contributed by atoms with van der Waals surface area (Å²) in [6, 6.07) is 7.96. The van der Waals surface area contributed by atoms with Crippen molar-refractivity contribution in [3.8, 4) is 5.75 Å². The van der Waals surface area contributed by atoms with E-state index in [1.807, 2.05) is 31.2 Å². The molecule has 1 aromatic carbocycles. The van der Waals surface area contributed by atoms with Gasteiger partial charge in [0.15, 0.2) is 0 Å². The molecule has 2 atom stereocenters. The van der Waals surface area contributed by atoms with Gasteiger partial charge in [0.2, 0.25) is 0 Å². The van der Waals surface area contributed by atoms with Crippen molar-refractivity contribution in [1.29, 1.82) is 0 Å². The Bertz CT molecular complexity index is 338. The minimum atomic E-state index is -0.501. The standard InChI is InChI=1S/C13H21NO2S/c1-10(8-13(2,14)9-15)17-12-6-4-11(16-3)5-7-12/h4-7,10,15H,8-9,14H2,1-3H3. The summed E-state index contributed by atoms with van der Waals surface area (Å²) in [5, 5.41) is 9.49. The zero-order valence-electron chi connectivity index (χ0n) is 10.6. The van der Waals surface area contributed by atoms with Crippen LogP contribution in [0.2, 0.25) is 0 Å². The molecule has 3 N–H and O–H groups in total. The highest BCUT2D eigenvalue weighted by Gasteiger charge is 2.21.